The number of amides is 1. The molecule has 2 aromatic heterocycles. The van der Waals surface area contributed by atoms with E-state index in [0.717, 1.165) is 36.8 Å². The predicted octanol–water partition coefficient (Wildman–Crippen LogP) is 2.48. The molecule has 2 aliphatic heterocycles. The van der Waals surface area contributed by atoms with Crippen LogP contribution in [0, 0.1) is 0 Å². The second-order valence-corrected chi connectivity index (χ2v) is 11.3. The van der Waals surface area contributed by atoms with Gasteiger partial charge in [-0.25, -0.2) is 8.42 Å². The molecule has 0 aromatic carbocycles. The Labute approximate surface area is 180 Å². The van der Waals surface area contributed by atoms with Gasteiger partial charge < -0.3 is 9.47 Å². The first-order valence-electron chi connectivity index (χ1n) is 9.77. The smallest absolute Gasteiger partial charge is 0.270 e. The minimum atomic E-state index is -3.52. The number of thiophene rings is 1. The van der Waals surface area contributed by atoms with Gasteiger partial charge >= 0.3 is 0 Å². The van der Waals surface area contributed by atoms with E-state index in [1.54, 1.807) is 34.0 Å². The van der Waals surface area contributed by atoms with Gasteiger partial charge in [-0.15, -0.1) is 11.3 Å². The number of aromatic nitrogens is 1. The van der Waals surface area contributed by atoms with E-state index in [1.807, 2.05) is 12.1 Å². The summed E-state index contributed by atoms with van der Waals surface area (Å²) in [7, 11) is -1.79. The quantitative estimate of drug-likeness (QED) is 0.693. The standard InChI is InChI=1S/C19H25ClN4O3S2/c1-21-14-16(29(26,27)24-6-2-3-7-24)12-17(21)19(25)23-10-8-22(9-11-23)13-15-4-5-18(20)28-15/h4-5,12,14H,2-3,6-11,13H2,1H3. The number of sulfonamides is 1. The molecular formula is C19H25ClN4O3S2. The summed E-state index contributed by atoms with van der Waals surface area (Å²) < 4.78 is 29.5. The molecule has 0 unspecified atom stereocenters. The third-order valence-corrected chi connectivity index (χ3v) is 8.65. The Balaban J connectivity index is 1.41. The molecule has 2 saturated heterocycles. The fourth-order valence-corrected chi connectivity index (χ4v) is 6.61. The van der Waals surface area contributed by atoms with E-state index in [0.29, 0.717) is 31.9 Å². The Kier molecular flexibility index (Phi) is 6.04. The molecule has 4 heterocycles. The summed E-state index contributed by atoms with van der Waals surface area (Å²) in [6.45, 7) is 4.75. The van der Waals surface area contributed by atoms with Gasteiger partial charge in [0.15, 0.2) is 0 Å². The van der Waals surface area contributed by atoms with E-state index in [9.17, 15) is 13.2 Å². The number of hydrogen-bond acceptors (Lipinski definition) is 5. The van der Waals surface area contributed by atoms with Crippen LogP contribution in [0.5, 0.6) is 0 Å². The minimum Gasteiger partial charge on any atom is -0.345 e. The van der Waals surface area contributed by atoms with Gasteiger partial charge in [0.2, 0.25) is 10.0 Å². The summed E-state index contributed by atoms with van der Waals surface area (Å²) in [5, 5.41) is 0. The average molecular weight is 457 g/mol. The molecule has 7 nitrogen and oxygen atoms in total. The van der Waals surface area contributed by atoms with Crippen LogP contribution < -0.4 is 0 Å². The van der Waals surface area contributed by atoms with Crippen LogP contribution in [0.2, 0.25) is 4.34 Å². The molecule has 0 radical (unpaired) electrons. The molecule has 1 amide bonds. The van der Waals surface area contributed by atoms with Crippen LogP contribution in [-0.2, 0) is 23.6 Å². The van der Waals surface area contributed by atoms with Crippen LogP contribution in [-0.4, -0.2) is 72.3 Å². The van der Waals surface area contributed by atoms with Crippen LogP contribution in [0.4, 0.5) is 0 Å². The number of carbonyl (C=O) groups is 1. The van der Waals surface area contributed by atoms with E-state index >= 15 is 0 Å². The maximum absolute atomic E-state index is 13.0. The highest BCUT2D eigenvalue weighted by Crippen LogP contribution is 2.25. The normalized spacial score (nSPS) is 19.2. The van der Waals surface area contributed by atoms with Gasteiger partial charge in [-0.1, -0.05) is 11.6 Å². The fraction of sp³-hybridized carbons (Fsp3) is 0.526. The SMILES string of the molecule is Cn1cc(S(=O)(=O)N2CCCC2)cc1C(=O)N1CCN(Cc2ccc(Cl)s2)CC1. The lowest BCUT2D eigenvalue weighted by Gasteiger charge is -2.34. The Bertz CT molecular complexity index is 987. The topological polar surface area (TPSA) is 65.9 Å². The van der Waals surface area contributed by atoms with Crippen molar-refractivity contribution < 1.29 is 13.2 Å². The zero-order chi connectivity index (χ0) is 20.6. The highest BCUT2D eigenvalue weighted by atomic mass is 35.5. The Morgan fingerprint density at radius 2 is 1.79 bits per heavy atom. The molecule has 0 aliphatic carbocycles. The zero-order valence-electron chi connectivity index (χ0n) is 16.4. The van der Waals surface area contributed by atoms with E-state index in [1.165, 1.54) is 15.2 Å². The van der Waals surface area contributed by atoms with Crippen LogP contribution in [0.15, 0.2) is 29.3 Å². The Morgan fingerprint density at radius 1 is 1.10 bits per heavy atom. The summed E-state index contributed by atoms with van der Waals surface area (Å²) in [6.07, 6.45) is 3.33. The number of hydrogen-bond donors (Lipinski definition) is 0. The van der Waals surface area contributed by atoms with Crippen molar-refractivity contribution in [3.8, 4) is 0 Å². The number of nitrogens with zero attached hydrogens (tertiary/aromatic N) is 4. The van der Waals surface area contributed by atoms with E-state index in [4.69, 9.17) is 11.6 Å². The molecule has 0 atom stereocenters. The number of carbonyl (C=O) groups excluding carboxylic acids is 1. The van der Waals surface area contributed by atoms with Crippen molar-refractivity contribution in [2.75, 3.05) is 39.3 Å². The van der Waals surface area contributed by atoms with Gasteiger partial charge in [-0.2, -0.15) is 4.31 Å². The second kappa shape index (κ2) is 8.39. The maximum Gasteiger partial charge on any atom is 0.270 e. The molecule has 0 N–H and O–H groups in total. The first-order valence-corrected chi connectivity index (χ1v) is 12.4. The summed E-state index contributed by atoms with van der Waals surface area (Å²) in [6, 6.07) is 5.47. The largest absolute Gasteiger partial charge is 0.345 e. The van der Waals surface area contributed by atoms with Crippen molar-refractivity contribution in [3.05, 3.63) is 39.3 Å². The van der Waals surface area contributed by atoms with Gasteiger partial charge in [-0.3, -0.25) is 9.69 Å². The van der Waals surface area contributed by atoms with E-state index < -0.39 is 10.0 Å². The first-order chi connectivity index (χ1) is 13.8. The van der Waals surface area contributed by atoms with Crippen LogP contribution >= 0.6 is 22.9 Å². The molecule has 2 aromatic rings. The van der Waals surface area contributed by atoms with Crippen molar-refractivity contribution >= 4 is 38.9 Å². The third-order valence-electron chi connectivity index (χ3n) is 5.57. The van der Waals surface area contributed by atoms with Crippen molar-refractivity contribution in [2.45, 2.75) is 24.3 Å². The number of rotatable bonds is 5. The summed E-state index contributed by atoms with van der Waals surface area (Å²) in [5.74, 6) is -0.116. The summed E-state index contributed by atoms with van der Waals surface area (Å²) >= 11 is 7.58. The lowest BCUT2D eigenvalue weighted by Crippen LogP contribution is -2.48. The minimum absolute atomic E-state index is 0.116. The van der Waals surface area contributed by atoms with Crippen LogP contribution in [0.1, 0.15) is 28.2 Å². The molecule has 29 heavy (non-hydrogen) atoms. The highest BCUT2D eigenvalue weighted by molar-refractivity contribution is 7.89. The lowest BCUT2D eigenvalue weighted by molar-refractivity contribution is 0.0620. The number of piperazine rings is 1. The molecule has 0 bridgehead atoms. The monoisotopic (exact) mass is 456 g/mol. The van der Waals surface area contributed by atoms with Crippen molar-refractivity contribution in [3.63, 3.8) is 0 Å². The molecule has 2 fully saturated rings. The van der Waals surface area contributed by atoms with Gasteiger partial charge in [0.25, 0.3) is 5.91 Å². The van der Waals surface area contributed by atoms with Gasteiger partial charge in [0.1, 0.15) is 10.6 Å². The maximum atomic E-state index is 13.0. The van der Waals surface area contributed by atoms with Crippen molar-refractivity contribution in [1.29, 1.82) is 0 Å². The summed E-state index contributed by atoms with van der Waals surface area (Å²) in [5.41, 5.74) is 0.418. The Hall–Kier alpha value is -1.39. The molecular weight excluding hydrogens is 432 g/mol. The second-order valence-electron chi connectivity index (χ2n) is 7.56. The van der Waals surface area contributed by atoms with E-state index in [2.05, 4.69) is 4.90 Å². The molecule has 0 spiro atoms. The zero-order valence-corrected chi connectivity index (χ0v) is 18.8. The van der Waals surface area contributed by atoms with Crippen LogP contribution in [0.25, 0.3) is 0 Å². The average Bonchev–Trinajstić information content (AvgIpc) is 3.43. The van der Waals surface area contributed by atoms with E-state index in [-0.39, 0.29) is 10.8 Å². The third kappa shape index (κ3) is 4.39. The first kappa shape index (κ1) is 20.9. The van der Waals surface area contributed by atoms with Crippen molar-refractivity contribution in [2.24, 2.45) is 7.05 Å². The summed E-state index contributed by atoms with van der Waals surface area (Å²) in [4.78, 5) is 18.5. The molecule has 4 rings (SSSR count). The molecule has 0 saturated carbocycles. The number of aryl methyl sites for hydroxylation is 1. The van der Waals surface area contributed by atoms with Crippen LogP contribution in [0.3, 0.4) is 0 Å². The lowest BCUT2D eigenvalue weighted by atomic mass is 10.2. The molecule has 10 heteroatoms. The molecule has 2 aliphatic rings. The molecule has 158 valence electrons. The van der Waals surface area contributed by atoms with Gasteiger partial charge in [-0.05, 0) is 31.0 Å². The predicted molar refractivity (Wildman–Crippen MR) is 114 cm³/mol. The number of halogens is 1. The Morgan fingerprint density at radius 3 is 2.41 bits per heavy atom. The van der Waals surface area contributed by atoms with Gasteiger partial charge in [0.05, 0.1) is 4.34 Å². The van der Waals surface area contributed by atoms with Gasteiger partial charge in [0, 0.05) is 63.9 Å². The van der Waals surface area contributed by atoms with Crippen molar-refractivity contribution in [1.82, 2.24) is 18.7 Å². The fourth-order valence-electron chi connectivity index (χ4n) is 3.89. The highest BCUT2D eigenvalue weighted by Gasteiger charge is 2.31.